The molecule has 0 saturated carbocycles. The van der Waals surface area contributed by atoms with E-state index in [1.54, 1.807) is 6.07 Å². The van der Waals surface area contributed by atoms with Crippen LogP contribution in [0.1, 0.15) is 18.2 Å². The lowest BCUT2D eigenvalue weighted by atomic mass is 10.2. The van der Waals surface area contributed by atoms with Crippen molar-refractivity contribution >= 4 is 21.9 Å². The molecule has 0 fully saturated rings. The first-order valence-electron chi connectivity index (χ1n) is 5.89. The van der Waals surface area contributed by atoms with Crippen molar-refractivity contribution in [3.63, 3.8) is 0 Å². The Labute approximate surface area is 112 Å². The molecule has 0 aliphatic carbocycles. The highest BCUT2D eigenvalue weighted by Crippen LogP contribution is 2.10. The first-order valence-corrected chi connectivity index (χ1v) is 7.44. The van der Waals surface area contributed by atoms with Crippen LogP contribution in [0.4, 0.5) is 5.82 Å². The standard InChI is InChI=1S/C13H15N3O2S/c1-2-12-10-13(15-14-12)16-19(17,18)9-8-11-6-4-3-5-7-11/h3-10H,2H2,1H3,(H2,14,15,16)/b9-8+. The molecule has 0 radical (unpaired) electrons. The topological polar surface area (TPSA) is 74.8 Å². The number of benzene rings is 1. The molecule has 0 saturated heterocycles. The molecule has 0 amide bonds. The molecule has 0 unspecified atom stereocenters. The van der Waals surface area contributed by atoms with E-state index in [0.717, 1.165) is 23.1 Å². The van der Waals surface area contributed by atoms with E-state index in [9.17, 15) is 8.42 Å². The predicted molar refractivity (Wildman–Crippen MR) is 76.0 cm³/mol. The number of hydrogen-bond donors (Lipinski definition) is 2. The van der Waals surface area contributed by atoms with Gasteiger partial charge in [0, 0.05) is 11.8 Å². The van der Waals surface area contributed by atoms with Crippen molar-refractivity contribution in [2.45, 2.75) is 13.3 Å². The zero-order chi connectivity index (χ0) is 13.7. The number of hydrogen-bond acceptors (Lipinski definition) is 3. The Balaban J connectivity index is 2.08. The molecular weight excluding hydrogens is 262 g/mol. The van der Waals surface area contributed by atoms with Gasteiger partial charge in [-0.3, -0.25) is 9.82 Å². The number of nitrogens with zero attached hydrogens (tertiary/aromatic N) is 1. The van der Waals surface area contributed by atoms with E-state index in [2.05, 4.69) is 14.9 Å². The van der Waals surface area contributed by atoms with E-state index in [1.807, 2.05) is 37.3 Å². The molecule has 5 nitrogen and oxygen atoms in total. The van der Waals surface area contributed by atoms with E-state index in [-0.39, 0.29) is 0 Å². The van der Waals surface area contributed by atoms with Crippen LogP contribution >= 0.6 is 0 Å². The minimum atomic E-state index is -3.54. The summed E-state index contributed by atoms with van der Waals surface area (Å²) in [5.74, 6) is 0.301. The molecule has 19 heavy (non-hydrogen) atoms. The number of H-pyrrole nitrogens is 1. The Morgan fingerprint density at radius 2 is 2.05 bits per heavy atom. The summed E-state index contributed by atoms with van der Waals surface area (Å²) in [6.45, 7) is 1.96. The fourth-order valence-corrected chi connectivity index (χ4v) is 2.31. The monoisotopic (exact) mass is 277 g/mol. The fraction of sp³-hybridized carbons (Fsp3) is 0.154. The van der Waals surface area contributed by atoms with E-state index in [4.69, 9.17) is 0 Å². The molecule has 100 valence electrons. The highest BCUT2D eigenvalue weighted by molar-refractivity contribution is 7.95. The van der Waals surface area contributed by atoms with Gasteiger partial charge < -0.3 is 0 Å². The zero-order valence-corrected chi connectivity index (χ0v) is 11.3. The molecule has 2 aromatic rings. The van der Waals surface area contributed by atoms with Crippen LogP contribution in [0.25, 0.3) is 6.08 Å². The van der Waals surface area contributed by atoms with Crippen LogP contribution in [0.15, 0.2) is 41.8 Å². The van der Waals surface area contributed by atoms with Gasteiger partial charge in [0.05, 0.1) is 5.41 Å². The van der Waals surface area contributed by atoms with Crippen LogP contribution in [0, 0.1) is 0 Å². The lowest BCUT2D eigenvalue weighted by Crippen LogP contribution is -2.09. The zero-order valence-electron chi connectivity index (χ0n) is 10.5. The Morgan fingerprint density at radius 1 is 1.32 bits per heavy atom. The maximum atomic E-state index is 11.8. The summed E-state index contributed by atoms with van der Waals surface area (Å²) in [7, 11) is -3.54. The maximum Gasteiger partial charge on any atom is 0.256 e. The van der Waals surface area contributed by atoms with E-state index >= 15 is 0 Å². The Bertz CT molecular complexity index is 660. The number of anilines is 1. The molecular formula is C13H15N3O2S. The summed E-state index contributed by atoms with van der Waals surface area (Å²) in [5, 5.41) is 7.76. The van der Waals surface area contributed by atoms with Gasteiger partial charge in [0.15, 0.2) is 5.82 Å². The Kier molecular flexibility index (Phi) is 4.01. The van der Waals surface area contributed by atoms with Crippen LogP contribution in [0.2, 0.25) is 0 Å². The number of rotatable bonds is 5. The largest absolute Gasteiger partial charge is 0.280 e. The van der Waals surface area contributed by atoms with Crippen molar-refractivity contribution < 1.29 is 8.42 Å². The number of aryl methyl sites for hydroxylation is 1. The van der Waals surface area contributed by atoms with Crippen LogP contribution in [-0.2, 0) is 16.4 Å². The first-order chi connectivity index (χ1) is 9.09. The molecule has 0 aliphatic heterocycles. The van der Waals surface area contributed by atoms with Crippen molar-refractivity contribution in [1.29, 1.82) is 0 Å². The molecule has 6 heteroatoms. The Hall–Kier alpha value is -2.08. The molecule has 1 aromatic heterocycles. The van der Waals surface area contributed by atoms with Crippen LogP contribution in [0.5, 0.6) is 0 Å². The SMILES string of the molecule is CCc1cc(NS(=O)(=O)/C=C/c2ccccc2)n[nH]1. The fourth-order valence-electron chi connectivity index (χ4n) is 1.51. The molecule has 0 atom stereocenters. The summed E-state index contributed by atoms with van der Waals surface area (Å²) in [5.41, 5.74) is 1.70. The second-order valence-corrected chi connectivity index (χ2v) is 5.56. The van der Waals surface area contributed by atoms with E-state index < -0.39 is 10.0 Å². The molecule has 2 rings (SSSR count). The molecule has 2 N–H and O–H groups in total. The molecule has 0 aliphatic rings. The van der Waals surface area contributed by atoms with E-state index in [1.165, 1.54) is 6.08 Å². The van der Waals surface area contributed by atoms with Gasteiger partial charge in [-0.25, -0.2) is 8.42 Å². The van der Waals surface area contributed by atoms with Crippen LogP contribution < -0.4 is 4.72 Å². The summed E-state index contributed by atoms with van der Waals surface area (Å²) < 4.78 is 26.0. The third kappa shape index (κ3) is 3.96. The molecule has 0 spiro atoms. The van der Waals surface area contributed by atoms with Crippen LogP contribution in [0.3, 0.4) is 0 Å². The summed E-state index contributed by atoms with van der Waals surface area (Å²) in [4.78, 5) is 0. The second kappa shape index (κ2) is 5.71. The molecule has 1 aromatic carbocycles. The second-order valence-electron chi connectivity index (χ2n) is 3.99. The van der Waals surface area contributed by atoms with Gasteiger partial charge >= 0.3 is 0 Å². The highest BCUT2D eigenvalue weighted by atomic mass is 32.2. The predicted octanol–water partition coefficient (Wildman–Crippen LogP) is 2.38. The van der Waals surface area contributed by atoms with Crippen molar-refractivity contribution in [2.24, 2.45) is 0 Å². The minimum Gasteiger partial charge on any atom is -0.280 e. The van der Waals surface area contributed by atoms with Crippen molar-refractivity contribution in [1.82, 2.24) is 10.2 Å². The smallest absolute Gasteiger partial charge is 0.256 e. The number of aromatic amines is 1. The normalized spacial score (nSPS) is 11.8. The Morgan fingerprint density at radius 3 is 2.68 bits per heavy atom. The lowest BCUT2D eigenvalue weighted by molar-refractivity contribution is 0.609. The summed E-state index contributed by atoms with van der Waals surface area (Å²) >= 11 is 0. The highest BCUT2D eigenvalue weighted by Gasteiger charge is 2.08. The van der Waals surface area contributed by atoms with Gasteiger partial charge in [-0.1, -0.05) is 37.3 Å². The van der Waals surface area contributed by atoms with Gasteiger partial charge in [-0.15, -0.1) is 0 Å². The van der Waals surface area contributed by atoms with Crippen molar-refractivity contribution in [3.8, 4) is 0 Å². The van der Waals surface area contributed by atoms with Gasteiger partial charge in [0.25, 0.3) is 10.0 Å². The van der Waals surface area contributed by atoms with Gasteiger partial charge in [-0.2, -0.15) is 5.10 Å². The molecule has 1 heterocycles. The number of nitrogens with one attached hydrogen (secondary N) is 2. The van der Waals surface area contributed by atoms with Gasteiger partial charge in [-0.05, 0) is 18.1 Å². The quantitative estimate of drug-likeness (QED) is 0.881. The van der Waals surface area contributed by atoms with Crippen molar-refractivity contribution in [2.75, 3.05) is 4.72 Å². The number of aromatic nitrogens is 2. The molecule has 0 bridgehead atoms. The van der Waals surface area contributed by atoms with E-state index in [0.29, 0.717) is 5.82 Å². The van der Waals surface area contributed by atoms with Crippen LogP contribution in [-0.4, -0.2) is 18.6 Å². The average molecular weight is 277 g/mol. The first kappa shape index (κ1) is 13.4. The minimum absolute atomic E-state index is 0.301. The van der Waals surface area contributed by atoms with Crippen molar-refractivity contribution in [3.05, 3.63) is 53.1 Å². The summed E-state index contributed by atoms with van der Waals surface area (Å²) in [6, 6.07) is 10.9. The maximum absolute atomic E-state index is 11.8. The number of sulfonamides is 1. The lowest BCUT2D eigenvalue weighted by Gasteiger charge is -1.99. The average Bonchev–Trinajstić information content (AvgIpc) is 2.85. The third-order valence-electron chi connectivity index (χ3n) is 2.50. The van der Waals surface area contributed by atoms with Gasteiger partial charge in [0.1, 0.15) is 0 Å². The third-order valence-corrected chi connectivity index (χ3v) is 3.49. The summed E-state index contributed by atoms with van der Waals surface area (Å²) in [6.07, 6.45) is 2.31. The van der Waals surface area contributed by atoms with Gasteiger partial charge in [0.2, 0.25) is 0 Å².